The number of nitrogens with one attached hydrogen (secondary N) is 2. The van der Waals surface area contributed by atoms with Crippen molar-refractivity contribution in [3.8, 4) is 0 Å². The number of nitrogens with two attached hydrogens (primary N) is 5. The summed E-state index contributed by atoms with van der Waals surface area (Å²) in [6.07, 6.45) is 7.81. The highest BCUT2D eigenvalue weighted by atomic mass is 32.2. The van der Waals surface area contributed by atoms with E-state index in [1.807, 2.05) is 74.1 Å². The van der Waals surface area contributed by atoms with Crippen molar-refractivity contribution >= 4 is 185 Å². The van der Waals surface area contributed by atoms with Crippen LogP contribution in [0.25, 0.3) is 51.1 Å². The third-order valence-electron chi connectivity index (χ3n) is 24.1. The van der Waals surface area contributed by atoms with Crippen molar-refractivity contribution in [3.63, 3.8) is 0 Å². The van der Waals surface area contributed by atoms with Crippen LogP contribution in [0.5, 0.6) is 0 Å². The Labute approximate surface area is 759 Å². The highest BCUT2D eigenvalue weighted by Gasteiger charge is 2.52. The molecule has 11 aromatic heterocycles. The number of anilines is 5. The Hall–Kier alpha value is -11.1. The smallest absolute Gasteiger partial charge is 0.266 e. The molecule has 4 aliphatic rings. The van der Waals surface area contributed by atoms with Crippen LogP contribution in [0, 0.1) is 75.2 Å². The number of aryl methyl sites for hydroxylation is 10. The molecule has 40 heteroatoms. The number of alkyl halides is 2. The molecule has 1 aliphatic carbocycles. The predicted octanol–water partition coefficient (Wildman–Crippen LogP) is 14.4. The van der Waals surface area contributed by atoms with E-state index in [0.717, 1.165) is 99.2 Å². The van der Waals surface area contributed by atoms with Gasteiger partial charge in [-0.25, -0.2) is 25.6 Å². The summed E-state index contributed by atoms with van der Waals surface area (Å²) >= 11 is 6.18. The Bertz CT molecular complexity index is 6750. The van der Waals surface area contributed by atoms with Crippen LogP contribution in [0.15, 0.2) is 82.7 Å². The van der Waals surface area contributed by atoms with E-state index in [1.54, 1.807) is 115 Å². The van der Waals surface area contributed by atoms with E-state index in [9.17, 15) is 49.6 Å². The van der Waals surface area contributed by atoms with Crippen molar-refractivity contribution in [1.82, 2.24) is 81.3 Å². The molecule has 5 amide bonds. The van der Waals surface area contributed by atoms with Crippen molar-refractivity contribution in [3.05, 3.63) is 170 Å². The maximum absolute atomic E-state index is 14.9. The lowest BCUT2D eigenvalue weighted by Crippen LogP contribution is -2.68. The van der Waals surface area contributed by atoms with Gasteiger partial charge in [0.1, 0.15) is 59.8 Å². The number of rotatable bonds is 15. The number of amides is 5. The lowest BCUT2D eigenvalue weighted by molar-refractivity contribution is -0.150. The number of halogens is 2. The van der Waals surface area contributed by atoms with Crippen LogP contribution in [-0.2, 0) is 43.2 Å². The molecule has 12 N–H and O–H groups in total. The number of hydrogen-bond acceptors (Lipinski definition) is 31. The van der Waals surface area contributed by atoms with E-state index in [-0.39, 0.29) is 84.2 Å². The monoisotopic (exact) mass is 1880 g/mol. The summed E-state index contributed by atoms with van der Waals surface area (Å²) in [6.45, 7) is 30.7. The third kappa shape index (κ3) is 18.5. The Morgan fingerprint density at radius 2 is 0.789 bits per heavy atom. The molecule has 2 aromatic carbocycles. The number of hydrogen-bond donors (Lipinski definition) is 7. The van der Waals surface area contributed by atoms with Crippen LogP contribution in [0.2, 0.25) is 0 Å². The number of ether oxygens (including phenoxy) is 1. The molecule has 0 atom stereocenters. The van der Waals surface area contributed by atoms with Gasteiger partial charge in [-0.1, -0.05) is 49.6 Å². The van der Waals surface area contributed by atoms with E-state index in [1.165, 1.54) is 106 Å². The molecule has 0 spiro atoms. The zero-order valence-corrected chi connectivity index (χ0v) is 79.8. The number of thiophene rings is 5. The van der Waals surface area contributed by atoms with Gasteiger partial charge in [-0.3, -0.25) is 29.0 Å². The zero-order chi connectivity index (χ0) is 93.1. The van der Waals surface area contributed by atoms with E-state index < -0.39 is 41.0 Å². The van der Waals surface area contributed by atoms with Crippen LogP contribution in [0.3, 0.4) is 0 Å². The van der Waals surface area contributed by atoms with Crippen molar-refractivity contribution < 1.29 is 54.3 Å². The SMILES string of the molecule is COC1(C2CCCCC2)CN(C(=O)c2sc3nnc(C)c(C)c3c2N)C1.Cc1nnc2sc(C(=O)N3CC(C)(F)C3)c(N)c2c1C.Cc1nnc2sc(C(=O)N3CC(F)(c4ccccn4)C3)c(N)c2c1C.Cc1nnc2sc(C(=O)NCc3ccc(S(=O)(=O)C(C)(C)C)cc3)c(N)c2c1C.Cc1nnc2sc(C(=O)NCc3ccc(S(=O)(=O)C(C)C)cc3)c(N)c2c1C. The first-order valence-electron chi connectivity index (χ1n) is 41.3. The second-order valence-corrected chi connectivity index (χ2v) is 44.4. The topological polar surface area (TPSA) is 469 Å². The van der Waals surface area contributed by atoms with Crippen LogP contribution < -0.4 is 39.3 Å². The highest BCUT2D eigenvalue weighted by Crippen LogP contribution is 2.46. The van der Waals surface area contributed by atoms with Gasteiger partial charge in [0.15, 0.2) is 25.3 Å². The molecule has 4 fully saturated rings. The van der Waals surface area contributed by atoms with Crippen molar-refractivity contribution in [2.45, 2.75) is 193 Å². The van der Waals surface area contributed by atoms with Gasteiger partial charge >= 0.3 is 0 Å². The summed E-state index contributed by atoms with van der Waals surface area (Å²) in [4.78, 5) is 78.2. The van der Waals surface area contributed by atoms with Crippen LogP contribution in [0.4, 0.5) is 37.2 Å². The minimum Gasteiger partial charge on any atom is -0.397 e. The fourth-order valence-electron chi connectivity index (χ4n) is 15.5. The first-order chi connectivity index (χ1) is 60.2. The average molecular weight is 1880 g/mol. The number of fused-ring (bicyclic) bond motifs is 5. The molecule has 1 saturated carbocycles. The van der Waals surface area contributed by atoms with Crippen molar-refractivity contribution in [1.29, 1.82) is 0 Å². The summed E-state index contributed by atoms with van der Waals surface area (Å²) < 4.78 is 82.8. The summed E-state index contributed by atoms with van der Waals surface area (Å²) in [5.41, 5.74) is 40.7. The molecule has 0 bridgehead atoms. The van der Waals surface area contributed by atoms with E-state index in [0.29, 0.717) is 96.8 Å². The molecular formula is C88H103F2N21O10S7. The molecule has 14 heterocycles. The number of nitrogen functional groups attached to an aromatic ring is 5. The number of benzene rings is 2. The molecule has 13 aromatic rings. The number of sulfone groups is 2. The van der Waals surface area contributed by atoms with Gasteiger partial charge in [-0.15, -0.1) is 82.2 Å². The van der Waals surface area contributed by atoms with Crippen molar-refractivity contribution in [2.24, 2.45) is 5.92 Å². The van der Waals surface area contributed by atoms with Crippen LogP contribution in [0.1, 0.15) is 195 Å². The van der Waals surface area contributed by atoms with Gasteiger partial charge in [-0.2, -0.15) is 25.5 Å². The number of carbonyl (C=O) groups is 5. The number of pyridine rings is 1. The molecule has 3 saturated heterocycles. The molecular weight excluding hydrogens is 1770 g/mol. The first-order valence-corrected chi connectivity index (χ1v) is 48.4. The Morgan fingerprint density at radius 1 is 0.469 bits per heavy atom. The van der Waals surface area contributed by atoms with Crippen LogP contribution in [-0.4, -0.2) is 185 Å². The number of nitrogens with zero attached hydrogens (tertiary/aromatic N) is 14. The van der Waals surface area contributed by atoms with Gasteiger partial charge in [0.05, 0.1) is 122 Å². The van der Waals surface area contributed by atoms with E-state index >= 15 is 0 Å². The van der Waals surface area contributed by atoms with Gasteiger partial charge in [-0.05, 0) is 205 Å². The van der Waals surface area contributed by atoms with E-state index in [2.05, 4.69) is 66.6 Å². The quantitative estimate of drug-likeness (QED) is 0.0501. The number of methoxy groups -OCH3 is 1. The molecule has 17 rings (SSSR count). The molecule has 128 heavy (non-hydrogen) atoms. The number of aromatic nitrogens is 11. The maximum atomic E-state index is 14.9. The first kappa shape index (κ1) is 94.5. The second-order valence-electron chi connectivity index (χ2n) is 34.2. The fraction of sp³-hybridized carbons (Fsp3) is 0.409. The standard InChI is InChI=1S/C20H24N4O3S2.C19H22N4O3S2.C19H26N4O2S.C17H16FN5OS.C13H15FN4OS/c1-11-12(2)23-24-19-15(11)16(21)17(28-19)18(25)22-10-13-6-8-14(9-7-13)29(26,27)20(3,4)5;1-10(2)28(25,26)14-7-5-13(6-8-14)9-21-18(24)17-16(20)15-11(3)12(4)22-23-19(15)27-17;1-11-12(2)21-22-17-14(11)15(20)16(26-17)18(24)23-9-19(10-23,25-3)13-7-5-4-6-8-13;1-9-10(2)21-22-15-12(9)13(19)14(25-15)16(24)23-7-17(18,8-23)11-5-3-4-6-20-11;1-6-7(2)16-17-11-8(6)9(15)10(20-11)12(19)18-4-13(3,14)5-18/h6-9H,10,21H2,1-5H3,(H,22,25);5-8,10H,9,20H2,1-4H3,(H,21,24);13H,4-10,20H2,1-3H3;3-6H,7-8,19H2,1-2H3;4-5,15H2,1-3H3. The van der Waals surface area contributed by atoms with Gasteiger partial charge in [0.25, 0.3) is 29.5 Å². The van der Waals surface area contributed by atoms with E-state index in [4.69, 9.17) is 33.4 Å². The zero-order valence-electron chi connectivity index (χ0n) is 74.1. The Balaban J connectivity index is 0.000000137. The molecule has 3 aliphatic heterocycles. The second kappa shape index (κ2) is 36.8. The summed E-state index contributed by atoms with van der Waals surface area (Å²) in [5, 5.41) is 50.2. The summed E-state index contributed by atoms with van der Waals surface area (Å²) in [7, 11) is -4.94. The summed E-state index contributed by atoms with van der Waals surface area (Å²) in [6, 6.07) is 18.2. The lowest BCUT2D eigenvalue weighted by Gasteiger charge is -2.54. The molecule has 0 unspecified atom stereocenters. The van der Waals surface area contributed by atoms with Gasteiger partial charge in [0, 0.05) is 53.3 Å². The Kier molecular flexibility index (Phi) is 27.1. The normalized spacial score (nSPS) is 15.4. The minimum absolute atomic E-state index is 0.00830. The predicted molar refractivity (Wildman–Crippen MR) is 502 cm³/mol. The number of likely N-dealkylation sites (tertiary alicyclic amines) is 3. The van der Waals surface area contributed by atoms with Gasteiger partial charge in [0.2, 0.25) is 0 Å². The molecule has 676 valence electrons. The fourth-order valence-corrected chi connectivity index (χ4v) is 23.0. The third-order valence-corrected chi connectivity index (χ3v) is 34.2. The van der Waals surface area contributed by atoms with Gasteiger partial charge < -0.3 is 58.7 Å². The average Bonchev–Trinajstić information content (AvgIpc) is 1.37. The highest BCUT2D eigenvalue weighted by molar-refractivity contribution is 7.92. The molecule has 0 radical (unpaired) electrons. The maximum Gasteiger partial charge on any atom is 0.266 e. The van der Waals surface area contributed by atoms with Crippen LogP contribution >= 0.6 is 56.7 Å². The largest absolute Gasteiger partial charge is 0.397 e. The van der Waals surface area contributed by atoms with Crippen molar-refractivity contribution in [2.75, 3.05) is 75.0 Å². The summed E-state index contributed by atoms with van der Waals surface area (Å²) in [5.74, 6) is -0.545. The minimum atomic E-state index is -3.41. The Morgan fingerprint density at radius 3 is 1.10 bits per heavy atom. The molecule has 31 nitrogen and oxygen atoms in total. The lowest BCUT2D eigenvalue weighted by atomic mass is 9.72. The number of carbonyl (C=O) groups excluding carboxylic acids is 5.